The number of hydrogen-bond acceptors (Lipinski definition) is 3. The van der Waals surface area contributed by atoms with E-state index >= 15 is 0 Å². The molecule has 1 aromatic carbocycles. The van der Waals surface area contributed by atoms with Crippen molar-refractivity contribution in [3.05, 3.63) is 29.8 Å². The van der Waals surface area contributed by atoms with E-state index in [0.717, 1.165) is 25.7 Å². The molecular formula is C13H21ClN2O2S. The number of nitrogens with zero attached hydrogens (tertiary/aromatic N) is 1. The number of sulfonamides is 1. The lowest BCUT2D eigenvalue weighted by Gasteiger charge is -2.21. The van der Waals surface area contributed by atoms with Crippen LogP contribution >= 0.6 is 12.4 Å². The number of rotatable bonds is 3. The largest absolute Gasteiger partial charge is 0.326 e. The minimum atomic E-state index is -3.37. The third-order valence-corrected chi connectivity index (χ3v) is 5.37. The van der Waals surface area contributed by atoms with Gasteiger partial charge in [0.1, 0.15) is 0 Å². The van der Waals surface area contributed by atoms with Crippen molar-refractivity contribution in [1.82, 2.24) is 4.31 Å². The zero-order valence-corrected chi connectivity index (χ0v) is 12.5. The van der Waals surface area contributed by atoms with Gasteiger partial charge in [-0.15, -0.1) is 12.4 Å². The van der Waals surface area contributed by atoms with Crippen LogP contribution in [-0.2, 0) is 16.6 Å². The summed E-state index contributed by atoms with van der Waals surface area (Å²) < 4.78 is 26.8. The SMILES string of the molecule is Cl.NCc1ccccc1S(=O)(=O)N1CCCCCC1. The molecule has 0 radical (unpaired) electrons. The van der Waals surface area contributed by atoms with E-state index in [-0.39, 0.29) is 19.0 Å². The maximum absolute atomic E-state index is 12.6. The van der Waals surface area contributed by atoms with E-state index < -0.39 is 10.0 Å². The molecule has 2 rings (SSSR count). The van der Waals surface area contributed by atoms with Crippen molar-refractivity contribution >= 4 is 22.4 Å². The molecule has 0 unspecified atom stereocenters. The molecule has 1 aromatic rings. The van der Waals surface area contributed by atoms with Crippen LogP contribution in [0.3, 0.4) is 0 Å². The summed E-state index contributed by atoms with van der Waals surface area (Å²) in [7, 11) is -3.37. The lowest BCUT2D eigenvalue weighted by atomic mass is 10.2. The summed E-state index contributed by atoms with van der Waals surface area (Å²) >= 11 is 0. The van der Waals surface area contributed by atoms with Gasteiger partial charge in [-0.3, -0.25) is 0 Å². The zero-order chi connectivity index (χ0) is 13.0. The Bertz CT molecular complexity index is 497. The molecule has 1 saturated heterocycles. The van der Waals surface area contributed by atoms with Gasteiger partial charge in [0.2, 0.25) is 10.0 Å². The predicted molar refractivity (Wildman–Crippen MR) is 78.8 cm³/mol. The Morgan fingerprint density at radius 2 is 1.63 bits per heavy atom. The van der Waals surface area contributed by atoms with Gasteiger partial charge in [0.25, 0.3) is 0 Å². The molecule has 0 atom stereocenters. The first-order valence-corrected chi connectivity index (χ1v) is 7.88. The fraction of sp³-hybridized carbons (Fsp3) is 0.538. The van der Waals surface area contributed by atoms with Gasteiger partial charge in [-0.2, -0.15) is 4.31 Å². The van der Waals surface area contributed by atoms with Crippen molar-refractivity contribution in [3.8, 4) is 0 Å². The Balaban J connectivity index is 0.00000180. The van der Waals surface area contributed by atoms with Crippen molar-refractivity contribution < 1.29 is 8.42 Å². The predicted octanol–water partition coefficient (Wildman–Crippen LogP) is 2.13. The van der Waals surface area contributed by atoms with E-state index in [2.05, 4.69) is 0 Å². The second-order valence-electron chi connectivity index (χ2n) is 4.63. The Kier molecular flexibility index (Phi) is 6.26. The van der Waals surface area contributed by atoms with Crippen LogP contribution in [0.25, 0.3) is 0 Å². The fourth-order valence-corrected chi connectivity index (χ4v) is 4.10. The molecule has 6 heteroatoms. The highest BCUT2D eigenvalue weighted by molar-refractivity contribution is 7.89. The molecule has 19 heavy (non-hydrogen) atoms. The lowest BCUT2D eigenvalue weighted by Crippen LogP contribution is -2.32. The van der Waals surface area contributed by atoms with E-state index in [1.807, 2.05) is 6.07 Å². The first-order chi connectivity index (χ1) is 8.66. The number of hydrogen-bond donors (Lipinski definition) is 1. The summed E-state index contributed by atoms with van der Waals surface area (Å²) in [6.07, 6.45) is 4.13. The van der Waals surface area contributed by atoms with E-state index in [4.69, 9.17) is 5.73 Å². The molecule has 1 fully saturated rings. The van der Waals surface area contributed by atoms with Crippen LogP contribution < -0.4 is 5.73 Å². The summed E-state index contributed by atoms with van der Waals surface area (Å²) in [4.78, 5) is 0.370. The molecule has 4 nitrogen and oxygen atoms in total. The first-order valence-electron chi connectivity index (χ1n) is 6.44. The van der Waals surface area contributed by atoms with Gasteiger partial charge < -0.3 is 5.73 Å². The number of halogens is 1. The Labute approximate surface area is 121 Å². The average molecular weight is 305 g/mol. The Hall–Kier alpha value is -0.620. The molecule has 2 N–H and O–H groups in total. The van der Waals surface area contributed by atoms with Crippen molar-refractivity contribution in [2.75, 3.05) is 13.1 Å². The minimum Gasteiger partial charge on any atom is -0.326 e. The third-order valence-electron chi connectivity index (χ3n) is 3.38. The molecule has 108 valence electrons. The standard InChI is InChI=1S/C13H20N2O2S.ClH/c14-11-12-7-3-4-8-13(12)18(16,17)15-9-5-1-2-6-10-15;/h3-4,7-8H,1-2,5-6,9-11,14H2;1H. The van der Waals surface area contributed by atoms with Crippen LogP contribution in [0.5, 0.6) is 0 Å². The summed E-state index contributed by atoms with van der Waals surface area (Å²) in [6.45, 7) is 1.51. The van der Waals surface area contributed by atoms with Crippen molar-refractivity contribution in [2.24, 2.45) is 5.73 Å². The monoisotopic (exact) mass is 304 g/mol. The Morgan fingerprint density at radius 1 is 1.05 bits per heavy atom. The summed E-state index contributed by atoms with van der Waals surface area (Å²) in [5.41, 5.74) is 6.32. The molecular weight excluding hydrogens is 284 g/mol. The highest BCUT2D eigenvalue weighted by atomic mass is 35.5. The van der Waals surface area contributed by atoms with Gasteiger partial charge in [-0.25, -0.2) is 8.42 Å². The van der Waals surface area contributed by atoms with Crippen molar-refractivity contribution in [2.45, 2.75) is 37.1 Å². The lowest BCUT2D eigenvalue weighted by molar-refractivity contribution is 0.423. The van der Waals surface area contributed by atoms with E-state index in [1.165, 1.54) is 0 Å². The summed E-state index contributed by atoms with van der Waals surface area (Å²) in [5.74, 6) is 0. The second-order valence-corrected chi connectivity index (χ2v) is 6.54. The average Bonchev–Trinajstić information content (AvgIpc) is 2.68. The highest BCUT2D eigenvalue weighted by Gasteiger charge is 2.26. The second kappa shape index (κ2) is 7.24. The third kappa shape index (κ3) is 3.69. The summed E-state index contributed by atoms with van der Waals surface area (Å²) in [5, 5.41) is 0. The van der Waals surface area contributed by atoms with Crippen LogP contribution in [-0.4, -0.2) is 25.8 Å². The van der Waals surface area contributed by atoms with E-state index in [1.54, 1.807) is 22.5 Å². The van der Waals surface area contributed by atoms with Gasteiger partial charge in [0.15, 0.2) is 0 Å². The zero-order valence-electron chi connectivity index (χ0n) is 10.9. The van der Waals surface area contributed by atoms with Crippen molar-refractivity contribution in [3.63, 3.8) is 0 Å². The highest BCUT2D eigenvalue weighted by Crippen LogP contribution is 2.22. The smallest absolute Gasteiger partial charge is 0.243 e. The number of nitrogens with two attached hydrogens (primary N) is 1. The van der Waals surface area contributed by atoms with Crippen LogP contribution in [0, 0.1) is 0 Å². The quantitative estimate of drug-likeness (QED) is 0.930. The topological polar surface area (TPSA) is 63.4 Å². The van der Waals surface area contributed by atoms with Crippen LogP contribution in [0.15, 0.2) is 29.2 Å². The summed E-state index contributed by atoms with van der Waals surface area (Å²) in [6, 6.07) is 7.01. The van der Waals surface area contributed by atoms with Crippen LogP contribution in [0.1, 0.15) is 31.2 Å². The molecule has 0 aliphatic carbocycles. The van der Waals surface area contributed by atoms with Gasteiger partial charge in [-0.05, 0) is 24.5 Å². The first kappa shape index (κ1) is 16.4. The molecule has 0 saturated carbocycles. The molecule has 1 aliphatic rings. The number of benzene rings is 1. The van der Waals surface area contributed by atoms with E-state index in [0.29, 0.717) is 23.5 Å². The van der Waals surface area contributed by atoms with Crippen LogP contribution in [0.4, 0.5) is 0 Å². The van der Waals surface area contributed by atoms with Gasteiger partial charge >= 0.3 is 0 Å². The fourth-order valence-electron chi connectivity index (χ4n) is 2.35. The van der Waals surface area contributed by atoms with Crippen LogP contribution in [0.2, 0.25) is 0 Å². The normalized spacial score (nSPS) is 17.5. The molecule has 0 spiro atoms. The van der Waals surface area contributed by atoms with Gasteiger partial charge in [-0.1, -0.05) is 31.0 Å². The maximum Gasteiger partial charge on any atom is 0.243 e. The van der Waals surface area contributed by atoms with Crippen molar-refractivity contribution in [1.29, 1.82) is 0 Å². The molecule has 1 heterocycles. The maximum atomic E-state index is 12.6. The molecule has 0 bridgehead atoms. The van der Waals surface area contributed by atoms with Gasteiger partial charge in [0, 0.05) is 19.6 Å². The minimum absolute atomic E-state index is 0. The Morgan fingerprint density at radius 3 is 2.21 bits per heavy atom. The van der Waals surface area contributed by atoms with Gasteiger partial charge in [0.05, 0.1) is 4.90 Å². The molecule has 0 amide bonds. The molecule has 0 aromatic heterocycles. The molecule has 1 aliphatic heterocycles. The van der Waals surface area contributed by atoms with E-state index in [9.17, 15) is 8.42 Å².